The predicted molar refractivity (Wildman–Crippen MR) is 72.7 cm³/mol. The fourth-order valence-corrected chi connectivity index (χ4v) is 2.03. The quantitative estimate of drug-likeness (QED) is 0.869. The van der Waals surface area contributed by atoms with Crippen molar-refractivity contribution in [2.45, 2.75) is 32.2 Å². The van der Waals surface area contributed by atoms with Crippen molar-refractivity contribution in [1.82, 2.24) is 5.32 Å². The number of piperidine rings is 1. The number of nitrogens with one attached hydrogen (secondary N) is 2. The molecular weight excluding hydrogens is 255 g/mol. The molecule has 1 saturated heterocycles. The molecule has 1 aromatic carbocycles. The van der Waals surface area contributed by atoms with Crippen molar-refractivity contribution < 1.29 is 9.18 Å². The molecule has 0 bridgehead atoms. The molecule has 2 rings (SSSR count). The van der Waals surface area contributed by atoms with E-state index in [1.807, 2.05) is 6.92 Å². The molecule has 1 aliphatic heterocycles. The third-order valence-corrected chi connectivity index (χ3v) is 3.01. The number of anilines is 1. The molecule has 1 fully saturated rings. The van der Waals surface area contributed by atoms with Gasteiger partial charge in [-0.05, 0) is 44.0 Å². The highest BCUT2D eigenvalue weighted by Crippen LogP contribution is 2.17. The van der Waals surface area contributed by atoms with Crippen molar-refractivity contribution in [3.05, 3.63) is 29.6 Å². The van der Waals surface area contributed by atoms with Crippen LogP contribution in [0.5, 0.6) is 0 Å². The third kappa shape index (κ3) is 3.68. The van der Waals surface area contributed by atoms with Gasteiger partial charge in [-0.2, -0.15) is 0 Å². The van der Waals surface area contributed by atoms with Crippen LogP contribution in [0.1, 0.15) is 24.8 Å². The van der Waals surface area contributed by atoms with Gasteiger partial charge in [0.25, 0.3) is 0 Å². The minimum absolute atomic E-state index is 0. The van der Waals surface area contributed by atoms with E-state index in [2.05, 4.69) is 10.6 Å². The number of rotatable bonds is 2. The summed E-state index contributed by atoms with van der Waals surface area (Å²) in [5, 5.41) is 5.78. The summed E-state index contributed by atoms with van der Waals surface area (Å²) in [6.45, 7) is 2.72. The molecule has 18 heavy (non-hydrogen) atoms. The molecule has 3 nitrogen and oxygen atoms in total. The monoisotopic (exact) mass is 272 g/mol. The molecule has 100 valence electrons. The third-order valence-electron chi connectivity index (χ3n) is 3.01. The van der Waals surface area contributed by atoms with Crippen LogP contribution >= 0.6 is 12.4 Å². The van der Waals surface area contributed by atoms with Crippen LogP contribution in [0.15, 0.2) is 18.2 Å². The Morgan fingerprint density at radius 1 is 1.44 bits per heavy atom. The number of halogens is 2. The van der Waals surface area contributed by atoms with Crippen LogP contribution in [0.25, 0.3) is 0 Å². The molecule has 1 aliphatic rings. The summed E-state index contributed by atoms with van der Waals surface area (Å²) in [4.78, 5) is 11.9. The summed E-state index contributed by atoms with van der Waals surface area (Å²) < 4.78 is 13.5. The van der Waals surface area contributed by atoms with Gasteiger partial charge in [0, 0.05) is 0 Å². The minimum atomic E-state index is -0.389. The smallest absolute Gasteiger partial charge is 0.241 e. The van der Waals surface area contributed by atoms with E-state index >= 15 is 0 Å². The molecule has 1 aromatic rings. The number of hydrogen-bond acceptors (Lipinski definition) is 2. The highest BCUT2D eigenvalue weighted by Gasteiger charge is 2.21. The normalized spacial score (nSPS) is 18.9. The minimum Gasteiger partial charge on any atom is -0.322 e. The van der Waals surface area contributed by atoms with Gasteiger partial charge in [0.15, 0.2) is 0 Å². The maximum atomic E-state index is 13.5. The Labute approximate surface area is 113 Å². The first-order chi connectivity index (χ1) is 8.16. The first-order valence-corrected chi connectivity index (χ1v) is 5.97. The van der Waals surface area contributed by atoms with E-state index in [1.165, 1.54) is 6.07 Å². The van der Waals surface area contributed by atoms with Crippen LogP contribution in [0.3, 0.4) is 0 Å². The van der Waals surface area contributed by atoms with Gasteiger partial charge in [-0.3, -0.25) is 4.79 Å². The summed E-state index contributed by atoms with van der Waals surface area (Å²) in [6, 6.07) is 4.52. The van der Waals surface area contributed by atoms with Crippen molar-refractivity contribution in [3.63, 3.8) is 0 Å². The van der Waals surface area contributed by atoms with E-state index in [0.29, 0.717) is 0 Å². The second-order valence-electron chi connectivity index (χ2n) is 4.48. The van der Waals surface area contributed by atoms with Crippen LogP contribution in [-0.2, 0) is 4.79 Å². The van der Waals surface area contributed by atoms with E-state index in [1.54, 1.807) is 12.1 Å². The summed E-state index contributed by atoms with van der Waals surface area (Å²) in [5.41, 5.74) is 1.20. The maximum absolute atomic E-state index is 13.5. The zero-order valence-corrected chi connectivity index (χ0v) is 11.1. The van der Waals surface area contributed by atoms with E-state index in [-0.39, 0.29) is 35.9 Å². The van der Waals surface area contributed by atoms with E-state index in [4.69, 9.17) is 0 Å². The summed E-state index contributed by atoms with van der Waals surface area (Å²) in [7, 11) is 0. The van der Waals surface area contributed by atoms with Crippen molar-refractivity contribution in [2.24, 2.45) is 0 Å². The van der Waals surface area contributed by atoms with Crippen LogP contribution < -0.4 is 10.6 Å². The first-order valence-electron chi connectivity index (χ1n) is 5.97. The van der Waals surface area contributed by atoms with Gasteiger partial charge in [-0.1, -0.05) is 12.5 Å². The number of aryl methyl sites for hydroxylation is 1. The number of carbonyl (C=O) groups is 1. The van der Waals surface area contributed by atoms with Gasteiger partial charge in [0.2, 0.25) is 5.91 Å². The standard InChI is InChI=1S/C13H17FN2O.ClH/c1-9-5-6-10(14)12(8-9)16-13(17)11-4-2-3-7-15-11;/h5-6,8,11,15H,2-4,7H2,1H3,(H,16,17);1H/t11-;/m1./s1. The van der Waals surface area contributed by atoms with Crippen LogP contribution in [0, 0.1) is 12.7 Å². The van der Waals surface area contributed by atoms with E-state index < -0.39 is 0 Å². The Kier molecular flexibility index (Phi) is 5.56. The van der Waals surface area contributed by atoms with Crippen LogP contribution in [0.2, 0.25) is 0 Å². The summed E-state index contributed by atoms with van der Waals surface area (Å²) >= 11 is 0. The lowest BCUT2D eigenvalue weighted by molar-refractivity contribution is -0.118. The van der Waals surface area contributed by atoms with Crippen molar-refractivity contribution in [3.8, 4) is 0 Å². The molecule has 5 heteroatoms. The van der Waals surface area contributed by atoms with Crippen molar-refractivity contribution >= 4 is 24.0 Å². The van der Waals surface area contributed by atoms with Crippen LogP contribution in [-0.4, -0.2) is 18.5 Å². The summed E-state index contributed by atoms with van der Waals surface area (Å²) in [6.07, 6.45) is 2.96. The van der Waals surface area contributed by atoms with Gasteiger partial charge in [0.05, 0.1) is 11.7 Å². The van der Waals surface area contributed by atoms with Gasteiger partial charge < -0.3 is 10.6 Å². The molecule has 0 radical (unpaired) electrons. The van der Waals surface area contributed by atoms with Gasteiger partial charge in [-0.25, -0.2) is 4.39 Å². The lowest BCUT2D eigenvalue weighted by atomic mass is 10.0. The van der Waals surface area contributed by atoms with E-state index in [0.717, 1.165) is 31.4 Å². The lowest BCUT2D eigenvalue weighted by Gasteiger charge is -2.22. The lowest BCUT2D eigenvalue weighted by Crippen LogP contribution is -2.43. The Morgan fingerprint density at radius 2 is 2.22 bits per heavy atom. The number of amides is 1. The second kappa shape index (κ2) is 6.71. The van der Waals surface area contributed by atoms with Gasteiger partial charge >= 0.3 is 0 Å². The fraction of sp³-hybridized carbons (Fsp3) is 0.462. The van der Waals surface area contributed by atoms with Crippen molar-refractivity contribution in [2.75, 3.05) is 11.9 Å². The molecule has 1 atom stereocenters. The Balaban J connectivity index is 0.00000162. The Bertz CT molecular complexity index is 419. The summed E-state index contributed by atoms with van der Waals surface area (Å²) in [5.74, 6) is -0.533. The Morgan fingerprint density at radius 3 is 2.89 bits per heavy atom. The average molecular weight is 273 g/mol. The highest BCUT2D eigenvalue weighted by molar-refractivity contribution is 5.95. The molecule has 0 spiro atoms. The predicted octanol–water partition coefficient (Wildman–Crippen LogP) is 2.64. The molecule has 1 heterocycles. The zero-order chi connectivity index (χ0) is 12.3. The number of hydrogen-bond donors (Lipinski definition) is 2. The molecule has 0 unspecified atom stereocenters. The van der Waals surface area contributed by atoms with Crippen LogP contribution in [0.4, 0.5) is 10.1 Å². The highest BCUT2D eigenvalue weighted by atomic mass is 35.5. The number of carbonyl (C=O) groups excluding carboxylic acids is 1. The van der Waals surface area contributed by atoms with Crippen molar-refractivity contribution in [1.29, 1.82) is 0 Å². The average Bonchev–Trinajstić information content (AvgIpc) is 2.35. The SMILES string of the molecule is Cc1ccc(F)c(NC(=O)[C@H]2CCCCN2)c1.Cl. The molecule has 0 saturated carbocycles. The molecular formula is C13H18ClFN2O. The maximum Gasteiger partial charge on any atom is 0.241 e. The molecule has 0 aliphatic carbocycles. The topological polar surface area (TPSA) is 41.1 Å². The van der Waals surface area contributed by atoms with Gasteiger partial charge in [0.1, 0.15) is 5.82 Å². The molecule has 1 amide bonds. The number of benzene rings is 1. The second-order valence-corrected chi connectivity index (χ2v) is 4.48. The first kappa shape index (κ1) is 14.9. The van der Waals surface area contributed by atoms with E-state index in [9.17, 15) is 9.18 Å². The fourth-order valence-electron chi connectivity index (χ4n) is 2.03. The largest absolute Gasteiger partial charge is 0.322 e. The zero-order valence-electron chi connectivity index (χ0n) is 10.3. The molecule has 0 aromatic heterocycles. The Hall–Kier alpha value is -1.13. The molecule has 2 N–H and O–H groups in total. The van der Waals surface area contributed by atoms with Gasteiger partial charge in [-0.15, -0.1) is 12.4 Å².